The lowest BCUT2D eigenvalue weighted by Crippen LogP contribution is -2.47. The number of allylic oxidation sites excluding steroid dienone is 1. The van der Waals surface area contributed by atoms with Crippen LogP contribution < -0.4 is 0 Å². The highest BCUT2D eigenvalue weighted by molar-refractivity contribution is 5.91. The third kappa shape index (κ3) is 3.34. The first-order valence-electron chi connectivity index (χ1n) is 9.13. The van der Waals surface area contributed by atoms with Crippen molar-refractivity contribution in [2.24, 2.45) is 5.92 Å². The third-order valence-electron chi connectivity index (χ3n) is 5.39. The molecule has 1 aromatic rings. The van der Waals surface area contributed by atoms with Crippen LogP contribution >= 0.6 is 0 Å². The molecule has 8 heteroatoms. The molecule has 3 unspecified atom stereocenters. The molecule has 0 N–H and O–H groups in total. The molecular formula is C20H23NO7. The van der Waals surface area contributed by atoms with Crippen LogP contribution in [0, 0.1) is 5.92 Å². The molecule has 0 fully saturated rings. The van der Waals surface area contributed by atoms with Crippen LogP contribution in [0.15, 0.2) is 23.9 Å². The smallest absolute Gasteiger partial charge is 0.350 e. The van der Waals surface area contributed by atoms with Crippen LogP contribution in [0.3, 0.4) is 0 Å². The summed E-state index contributed by atoms with van der Waals surface area (Å²) in [5.41, 5.74) is -0.169. The van der Waals surface area contributed by atoms with Crippen molar-refractivity contribution in [2.45, 2.75) is 58.8 Å². The molecule has 0 spiro atoms. The van der Waals surface area contributed by atoms with Crippen LogP contribution in [0.25, 0.3) is 0 Å². The van der Waals surface area contributed by atoms with Gasteiger partial charge in [0.2, 0.25) is 11.5 Å². The van der Waals surface area contributed by atoms with Crippen molar-refractivity contribution in [3.63, 3.8) is 0 Å². The fourth-order valence-corrected chi connectivity index (χ4v) is 3.61. The molecule has 3 heterocycles. The van der Waals surface area contributed by atoms with E-state index in [9.17, 15) is 19.2 Å². The maximum Gasteiger partial charge on any atom is 0.350 e. The molecule has 150 valence electrons. The minimum absolute atomic E-state index is 0.0422. The number of rotatable bonds is 1. The zero-order valence-electron chi connectivity index (χ0n) is 16.3. The first-order chi connectivity index (χ1) is 13.2. The van der Waals surface area contributed by atoms with Crippen molar-refractivity contribution in [2.75, 3.05) is 0 Å². The molecule has 2 aliphatic heterocycles. The van der Waals surface area contributed by atoms with Gasteiger partial charge in [0.05, 0.1) is 12.1 Å². The van der Waals surface area contributed by atoms with Crippen LogP contribution in [0.5, 0.6) is 0 Å². The fraction of sp³-hybridized carbons (Fsp3) is 0.500. The first-order valence-corrected chi connectivity index (χ1v) is 9.13. The molecule has 0 saturated carbocycles. The zero-order chi connectivity index (χ0) is 20.6. The largest absolute Gasteiger partial charge is 0.458 e. The molecule has 1 aromatic heterocycles. The van der Waals surface area contributed by atoms with Crippen molar-refractivity contribution in [1.82, 2.24) is 4.57 Å². The van der Waals surface area contributed by atoms with Crippen LogP contribution in [0.2, 0.25) is 0 Å². The Labute approximate surface area is 162 Å². The summed E-state index contributed by atoms with van der Waals surface area (Å²) >= 11 is 0. The van der Waals surface area contributed by atoms with Gasteiger partial charge in [0.15, 0.2) is 6.10 Å². The van der Waals surface area contributed by atoms with Crippen molar-refractivity contribution >= 4 is 23.8 Å². The Kier molecular flexibility index (Phi) is 5.14. The molecule has 0 amide bonds. The Bertz CT molecular complexity index is 881. The molecule has 0 saturated heterocycles. The summed E-state index contributed by atoms with van der Waals surface area (Å²) in [5.74, 6) is -2.64. The second-order valence-electron chi connectivity index (χ2n) is 7.28. The van der Waals surface area contributed by atoms with E-state index in [-0.39, 0.29) is 25.4 Å². The molecule has 0 radical (unpaired) electrons. The molecular weight excluding hydrogens is 366 g/mol. The molecule has 8 nitrogen and oxygen atoms in total. The number of carbonyl (C=O) groups excluding carboxylic acids is 4. The molecule has 0 aromatic carbocycles. The van der Waals surface area contributed by atoms with Gasteiger partial charge in [-0.15, -0.1) is 0 Å². The van der Waals surface area contributed by atoms with E-state index in [1.54, 1.807) is 32.2 Å². The quantitative estimate of drug-likeness (QED) is 0.413. The maximum absolute atomic E-state index is 12.8. The number of carbonyl (C=O) groups is 4. The topological polar surface area (TPSA) is 101 Å². The molecule has 3 rings (SSSR count). The van der Waals surface area contributed by atoms with Gasteiger partial charge in [-0.2, -0.15) is 0 Å². The van der Waals surface area contributed by atoms with Crippen molar-refractivity contribution in [3.05, 3.63) is 35.2 Å². The number of esters is 3. The Morgan fingerprint density at radius 1 is 1.32 bits per heavy atom. The van der Waals surface area contributed by atoms with Gasteiger partial charge in [0.1, 0.15) is 6.61 Å². The van der Waals surface area contributed by atoms with Crippen LogP contribution in [0.4, 0.5) is 0 Å². The van der Waals surface area contributed by atoms with Gasteiger partial charge in [0, 0.05) is 30.2 Å². The van der Waals surface area contributed by atoms with Crippen LogP contribution in [-0.4, -0.2) is 34.0 Å². The Balaban J connectivity index is 2.04. The van der Waals surface area contributed by atoms with Gasteiger partial charge >= 0.3 is 17.9 Å². The van der Waals surface area contributed by atoms with E-state index in [1.807, 2.05) is 0 Å². The summed E-state index contributed by atoms with van der Waals surface area (Å²) in [7, 11) is 0. The van der Waals surface area contributed by atoms with Crippen molar-refractivity contribution in [1.29, 1.82) is 0 Å². The fourth-order valence-electron chi connectivity index (χ4n) is 3.61. The number of aromatic nitrogens is 1. The summed E-state index contributed by atoms with van der Waals surface area (Å²) in [4.78, 5) is 49.4. The number of cyclic esters (lactones) is 1. The first kappa shape index (κ1) is 19.9. The predicted octanol–water partition coefficient (Wildman–Crippen LogP) is 2.47. The van der Waals surface area contributed by atoms with Gasteiger partial charge in [-0.25, -0.2) is 9.59 Å². The molecule has 3 atom stereocenters. The molecule has 0 aliphatic carbocycles. The number of hydrogen-bond donors (Lipinski definition) is 0. The second kappa shape index (κ2) is 7.26. The van der Waals surface area contributed by atoms with E-state index in [2.05, 4.69) is 0 Å². The normalized spacial score (nSPS) is 29.4. The van der Waals surface area contributed by atoms with E-state index in [1.165, 1.54) is 18.4 Å². The monoisotopic (exact) mass is 389 g/mol. The summed E-state index contributed by atoms with van der Waals surface area (Å²) in [5, 5.41) is 0. The van der Waals surface area contributed by atoms with Gasteiger partial charge < -0.3 is 14.2 Å². The lowest BCUT2D eigenvalue weighted by atomic mass is 9.85. The van der Waals surface area contributed by atoms with Crippen LogP contribution in [-0.2, 0) is 35.2 Å². The van der Waals surface area contributed by atoms with E-state index >= 15 is 0 Å². The predicted molar refractivity (Wildman–Crippen MR) is 96.0 cm³/mol. The van der Waals surface area contributed by atoms with Gasteiger partial charge in [-0.05, 0) is 26.3 Å². The van der Waals surface area contributed by atoms with E-state index in [0.717, 1.165) is 0 Å². The molecule has 2 aliphatic rings. The van der Waals surface area contributed by atoms with Crippen molar-refractivity contribution in [3.8, 4) is 0 Å². The summed E-state index contributed by atoms with van der Waals surface area (Å²) in [6, 6.07) is 1.65. The second-order valence-corrected chi connectivity index (χ2v) is 7.28. The van der Waals surface area contributed by atoms with E-state index in [0.29, 0.717) is 16.8 Å². The van der Waals surface area contributed by atoms with Gasteiger partial charge in [-0.3, -0.25) is 14.2 Å². The highest BCUT2D eigenvalue weighted by atomic mass is 16.6. The summed E-state index contributed by atoms with van der Waals surface area (Å²) in [6.45, 7) is 5.95. The van der Waals surface area contributed by atoms with Gasteiger partial charge in [-0.1, -0.05) is 13.0 Å². The summed E-state index contributed by atoms with van der Waals surface area (Å²) in [6.07, 6.45) is 2.62. The zero-order valence-corrected chi connectivity index (χ0v) is 16.3. The average molecular weight is 389 g/mol. The minimum atomic E-state index is -1.57. The van der Waals surface area contributed by atoms with Crippen molar-refractivity contribution < 1.29 is 33.4 Å². The number of ether oxygens (including phenoxy) is 3. The molecule has 28 heavy (non-hydrogen) atoms. The molecule has 0 bridgehead atoms. The van der Waals surface area contributed by atoms with Gasteiger partial charge in [0.25, 0.3) is 0 Å². The highest BCUT2D eigenvalue weighted by Gasteiger charge is 2.46. The minimum Gasteiger partial charge on any atom is -0.458 e. The lowest BCUT2D eigenvalue weighted by molar-refractivity contribution is -0.187. The maximum atomic E-state index is 12.8. The standard InChI is InChI=1S/C20H23NO7/c1-5-13-8-11(2)20(4,28-12(3)22)19(25)26-10-14-6-7-21-16(23)9-15(17(14)21)27-18(13)24/h5-7,11,15H,8-10H2,1-4H3. The third-order valence-corrected chi connectivity index (χ3v) is 5.39. The highest BCUT2D eigenvalue weighted by Crippen LogP contribution is 2.36. The SMILES string of the molecule is CC=C1CC(C)C(C)(OC(C)=O)C(=O)OCc2ccn3c2C(CC3=O)OC1=O. The number of nitrogens with zero attached hydrogens (tertiary/aromatic N) is 1. The van der Waals surface area contributed by atoms with Crippen LogP contribution in [0.1, 0.15) is 62.7 Å². The van der Waals surface area contributed by atoms with E-state index < -0.39 is 35.5 Å². The Morgan fingerprint density at radius 2 is 2.04 bits per heavy atom. The lowest BCUT2D eigenvalue weighted by Gasteiger charge is -2.33. The summed E-state index contributed by atoms with van der Waals surface area (Å²) < 4.78 is 17.8. The van der Waals surface area contributed by atoms with E-state index in [4.69, 9.17) is 14.2 Å². The average Bonchev–Trinajstić information content (AvgIpc) is 3.17. The Hall–Kier alpha value is -2.90. The Morgan fingerprint density at radius 3 is 2.68 bits per heavy atom. The number of hydrogen-bond acceptors (Lipinski definition) is 7.